The standard InChI is InChI=1S/C19H16BrFN2O3/c1-2-3-8-23-18(25)13-6-4-11(9-14(13)19(23)26)17(24)22-16-7-5-12(20)10-15(16)21/h4-7,9-10H,2-3,8H2,1H3,(H,22,24). The van der Waals surface area contributed by atoms with Crippen molar-refractivity contribution in [1.82, 2.24) is 4.90 Å². The number of hydrogen-bond acceptors (Lipinski definition) is 3. The smallest absolute Gasteiger partial charge is 0.261 e. The molecular weight excluding hydrogens is 403 g/mol. The lowest BCUT2D eigenvalue weighted by Gasteiger charge is -2.12. The van der Waals surface area contributed by atoms with Gasteiger partial charge >= 0.3 is 0 Å². The molecular formula is C19H16BrFN2O3. The van der Waals surface area contributed by atoms with Crippen molar-refractivity contribution >= 4 is 39.3 Å². The summed E-state index contributed by atoms with van der Waals surface area (Å²) in [6.07, 6.45) is 1.58. The molecule has 134 valence electrons. The largest absolute Gasteiger partial charge is 0.319 e. The molecule has 1 aliphatic heterocycles. The first-order chi connectivity index (χ1) is 12.4. The van der Waals surface area contributed by atoms with E-state index in [0.717, 1.165) is 12.8 Å². The van der Waals surface area contributed by atoms with Crippen LogP contribution in [0.4, 0.5) is 10.1 Å². The van der Waals surface area contributed by atoms with Crippen LogP contribution in [0.25, 0.3) is 0 Å². The van der Waals surface area contributed by atoms with E-state index < -0.39 is 17.6 Å². The number of carbonyl (C=O) groups is 3. The van der Waals surface area contributed by atoms with Crippen molar-refractivity contribution < 1.29 is 18.8 Å². The van der Waals surface area contributed by atoms with Gasteiger partial charge in [0, 0.05) is 16.6 Å². The minimum atomic E-state index is -0.578. The van der Waals surface area contributed by atoms with Crippen LogP contribution in [-0.2, 0) is 0 Å². The number of nitrogens with zero attached hydrogens (tertiary/aromatic N) is 1. The fraction of sp³-hybridized carbons (Fsp3) is 0.211. The third-order valence-electron chi connectivity index (χ3n) is 4.15. The van der Waals surface area contributed by atoms with Gasteiger partial charge in [0.25, 0.3) is 17.7 Å². The summed E-state index contributed by atoms with van der Waals surface area (Å²) in [5, 5.41) is 2.47. The predicted molar refractivity (Wildman–Crippen MR) is 98.8 cm³/mol. The van der Waals surface area contributed by atoms with E-state index in [1.807, 2.05) is 6.92 Å². The second-order valence-corrected chi connectivity index (χ2v) is 6.87. The Hall–Kier alpha value is -2.54. The van der Waals surface area contributed by atoms with Crippen LogP contribution in [0.3, 0.4) is 0 Å². The highest BCUT2D eigenvalue weighted by Gasteiger charge is 2.35. The third kappa shape index (κ3) is 3.39. The molecule has 1 N–H and O–H groups in total. The summed E-state index contributed by atoms with van der Waals surface area (Å²) in [6.45, 7) is 2.33. The molecule has 2 aromatic rings. The summed E-state index contributed by atoms with van der Waals surface area (Å²) in [5.41, 5.74) is 0.711. The summed E-state index contributed by atoms with van der Waals surface area (Å²) >= 11 is 3.15. The maximum Gasteiger partial charge on any atom is 0.261 e. The number of rotatable bonds is 5. The molecule has 3 rings (SSSR count). The number of amides is 3. The zero-order valence-electron chi connectivity index (χ0n) is 14.0. The lowest BCUT2D eigenvalue weighted by molar-refractivity contribution is 0.0652. The van der Waals surface area contributed by atoms with Crippen molar-refractivity contribution in [3.05, 3.63) is 63.4 Å². The average molecular weight is 419 g/mol. The highest BCUT2D eigenvalue weighted by molar-refractivity contribution is 9.10. The molecule has 0 spiro atoms. The quantitative estimate of drug-likeness (QED) is 0.738. The number of unbranched alkanes of at least 4 members (excludes halogenated alkanes) is 1. The monoisotopic (exact) mass is 418 g/mol. The Morgan fingerprint density at radius 3 is 2.54 bits per heavy atom. The molecule has 0 aliphatic carbocycles. The van der Waals surface area contributed by atoms with Gasteiger partial charge < -0.3 is 5.32 Å². The molecule has 0 saturated heterocycles. The molecule has 0 atom stereocenters. The molecule has 26 heavy (non-hydrogen) atoms. The van der Waals surface area contributed by atoms with Crippen molar-refractivity contribution in [2.75, 3.05) is 11.9 Å². The molecule has 0 saturated carbocycles. The highest BCUT2D eigenvalue weighted by atomic mass is 79.9. The molecule has 0 aromatic heterocycles. The first-order valence-corrected chi connectivity index (χ1v) is 8.98. The Kier molecular flexibility index (Phi) is 5.18. The third-order valence-corrected chi connectivity index (χ3v) is 4.64. The SMILES string of the molecule is CCCCN1C(=O)c2ccc(C(=O)Nc3ccc(Br)cc3F)cc2C1=O. The molecule has 7 heteroatoms. The van der Waals surface area contributed by atoms with Gasteiger partial charge in [0.1, 0.15) is 5.82 Å². The molecule has 1 heterocycles. The van der Waals surface area contributed by atoms with E-state index in [-0.39, 0.29) is 28.3 Å². The van der Waals surface area contributed by atoms with Crippen molar-refractivity contribution in [2.45, 2.75) is 19.8 Å². The zero-order valence-corrected chi connectivity index (χ0v) is 15.6. The molecule has 0 unspecified atom stereocenters. The van der Waals surface area contributed by atoms with Gasteiger partial charge in [0.2, 0.25) is 0 Å². The summed E-state index contributed by atoms with van der Waals surface area (Å²) in [6, 6.07) is 8.59. The molecule has 5 nitrogen and oxygen atoms in total. The van der Waals surface area contributed by atoms with Gasteiger partial charge in [-0.05, 0) is 42.8 Å². The Labute approximate surface area is 158 Å². The van der Waals surface area contributed by atoms with Crippen molar-refractivity contribution in [1.29, 1.82) is 0 Å². The van der Waals surface area contributed by atoms with Gasteiger partial charge in [-0.2, -0.15) is 0 Å². The van der Waals surface area contributed by atoms with E-state index in [1.54, 1.807) is 6.07 Å². The molecule has 0 fully saturated rings. The predicted octanol–water partition coefficient (Wildman–Crippen LogP) is 4.24. The fourth-order valence-corrected chi connectivity index (χ4v) is 3.07. The second kappa shape index (κ2) is 7.37. The van der Waals surface area contributed by atoms with Gasteiger partial charge in [-0.25, -0.2) is 4.39 Å². The van der Waals surface area contributed by atoms with Crippen LogP contribution in [-0.4, -0.2) is 29.2 Å². The van der Waals surface area contributed by atoms with Crippen molar-refractivity contribution in [2.24, 2.45) is 0 Å². The number of imide groups is 1. The van der Waals surface area contributed by atoms with Crippen LogP contribution in [0.1, 0.15) is 50.8 Å². The Bertz CT molecular complexity index is 914. The minimum absolute atomic E-state index is 0.0330. The number of benzene rings is 2. The summed E-state index contributed by atoms with van der Waals surface area (Å²) in [7, 11) is 0. The molecule has 0 bridgehead atoms. The Morgan fingerprint density at radius 1 is 1.12 bits per heavy atom. The van der Waals surface area contributed by atoms with E-state index in [9.17, 15) is 18.8 Å². The minimum Gasteiger partial charge on any atom is -0.319 e. The number of anilines is 1. The van der Waals surface area contributed by atoms with E-state index in [0.29, 0.717) is 11.0 Å². The lowest BCUT2D eigenvalue weighted by atomic mass is 10.1. The maximum atomic E-state index is 13.9. The van der Waals surface area contributed by atoms with Gasteiger partial charge in [-0.3, -0.25) is 19.3 Å². The second-order valence-electron chi connectivity index (χ2n) is 5.95. The van der Waals surface area contributed by atoms with Crippen LogP contribution in [0.5, 0.6) is 0 Å². The Balaban J connectivity index is 1.84. The van der Waals surface area contributed by atoms with E-state index in [2.05, 4.69) is 21.2 Å². The van der Waals surface area contributed by atoms with E-state index in [4.69, 9.17) is 0 Å². The highest BCUT2D eigenvalue weighted by Crippen LogP contribution is 2.25. The summed E-state index contributed by atoms with van der Waals surface area (Å²) < 4.78 is 14.4. The average Bonchev–Trinajstić information content (AvgIpc) is 2.86. The van der Waals surface area contributed by atoms with Crippen LogP contribution in [0.15, 0.2) is 40.9 Å². The van der Waals surface area contributed by atoms with Gasteiger partial charge in [0.15, 0.2) is 0 Å². The lowest BCUT2D eigenvalue weighted by Crippen LogP contribution is -2.30. The Morgan fingerprint density at radius 2 is 1.85 bits per heavy atom. The van der Waals surface area contributed by atoms with Crippen molar-refractivity contribution in [3.63, 3.8) is 0 Å². The fourth-order valence-electron chi connectivity index (χ4n) is 2.74. The molecule has 2 aromatic carbocycles. The first kappa shape index (κ1) is 18.3. The summed E-state index contributed by atoms with van der Waals surface area (Å²) in [4.78, 5) is 38.4. The molecule has 0 radical (unpaired) electrons. The number of fused-ring (bicyclic) bond motifs is 1. The molecule has 1 aliphatic rings. The van der Waals surface area contributed by atoms with Gasteiger partial charge in [-0.15, -0.1) is 0 Å². The van der Waals surface area contributed by atoms with Crippen LogP contribution >= 0.6 is 15.9 Å². The van der Waals surface area contributed by atoms with Crippen molar-refractivity contribution in [3.8, 4) is 0 Å². The van der Waals surface area contributed by atoms with Gasteiger partial charge in [-0.1, -0.05) is 29.3 Å². The van der Waals surface area contributed by atoms with Gasteiger partial charge in [0.05, 0.1) is 16.8 Å². The maximum absolute atomic E-state index is 13.9. The number of carbonyl (C=O) groups excluding carboxylic acids is 3. The topological polar surface area (TPSA) is 66.5 Å². The zero-order chi connectivity index (χ0) is 18.8. The van der Waals surface area contributed by atoms with Crippen LogP contribution in [0, 0.1) is 5.82 Å². The number of hydrogen-bond donors (Lipinski definition) is 1. The van der Waals surface area contributed by atoms with Crippen LogP contribution < -0.4 is 5.32 Å². The van der Waals surface area contributed by atoms with E-state index >= 15 is 0 Å². The van der Waals surface area contributed by atoms with Crippen LogP contribution in [0.2, 0.25) is 0 Å². The van der Waals surface area contributed by atoms with E-state index in [1.165, 1.54) is 35.2 Å². The normalized spacial score (nSPS) is 13.1. The molecule has 3 amide bonds. The first-order valence-electron chi connectivity index (χ1n) is 8.19. The number of halogens is 2. The number of nitrogens with one attached hydrogen (secondary N) is 1. The summed E-state index contributed by atoms with van der Waals surface area (Å²) in [5.74, 6) is -1.88.